The maximum atomic E-state index is 12.4. The van der Waals surface area contributed by atoms with Crippen LogP contribution in [0, 0.1) is 0 Å². The van der Waals surface area contributed by atoms with Crippen molar-refractivity contribution >= 4 is 17.3 Å². The SMILES string of the molecule is CN(C)c1cccc(C(=O)Nc2cnn(CC3CCCCO3)c2)c1. The minimum absolute atomic E-state index is 0.132. The predicted octanol–water partition coefficient (Wildman–Crippen LogP) is 2.77. The van der Waals surface area contributed by atoms with E-state index in [1.165, 1.54) is 6.42 Å². The van der Waals surface area contributed by atoms with Crippen LogP contribution in [-0.4, -0.2) is 42.5 Å². The lowest BCUT2D eigenvalue weighted by Crippen LogP contribution is -2.24. The number of carbonyl (C=O) groups excluding carboxylic acids is 1. The molecule has 24 heavy (non-hydrogen) atoms. The number of nitrogens with zero attached hydrogens (tertiary/aromatic N) is 3. The lowest BCUT2D eigenvalue weighted by Gasteiger charge is -2.22. The van der Waals surface area contributed by atoms with Gasteiger partial charge in [-0.3, -0.25) is 9.48 Å². The normalized spacial score (nSPS) is 17.5. The first kappa shape index (κ1) is 16.5. The molecule has 6 nitrogen and oxygen atoms in total. The summed E-state index contributed by atoms with van der Waals surface area (Å²) in [4.78, 5) is 14.4. The summed E-state index contributed by atoms with van der Waals surface area (Å²) in [6, 6.07) is 7.53. The van der Waals surface area contributed by atoms with Crippen molar-refractivity contribution in [2.75, 3.05) is 30.9 Å². The molecule has 6 heteroatoms. The van der Waals surface area contributed by atoms with E-state index in [1.54, 1.807) is 6.20 Å². The van der Waals surface area contributed by atoms with Crippen LogP contribution in [0.5, 0.6) is 0 Å². The van der Waals surface area contributed by atoms with Gasteiger partial charge in [0.05, 0.1) is 24.5 Å². The summed E-state index contributed by atoms with van der Waals surface area (Å²) < 4.78 is 7.56. The fourth-order valence-corrected chi connectivity index (χ4v) is 2.82. The van der Waals surface area contributed by atoms with Crippen molar-refractivity contribution in [1.29, 1.82) is 0 Å². The summed E-state index contributed by atoms with van der Waals surface area (Å²) in [6.07, 6.45) is 7.17. The van der Waals surface area contributed by atoms with E-state index in [2.05, 4.69) is 10.4 Å². The molecular formula is C18H24N4O2. The first-order chi connectivity index (χ1) is 11.6. The molecule has 0 saturated carbocycles. The first-order valence-electron chi connectivity index (χ1n) is 8.34. The summed E-state index contributed by atoms with van der Waals surface area (Å²) in [5.74, 6) is -0.132. The quantitative estimate of drug-likeness (QED) is 0.917. The molecule has 1 N–H and O–H groups in total. The van der Waals surface area contributed by atoms with Crippen LogP contribution >= 0.6 is 0 Å². The monoisotopic (exact) mass is 328 g/mol. The zero-order valence-corrected chi connectivity index (χ0v) is 14.2. The molecule has 1 unspecified atom stereocenters. The Hall–Kier alpha value is -2.34. The molecule has 1 saturated heterocycles. The van der Waals surface area contributed by atoms with Crippen LogP contribution in [0.25, 0.3) is 0 Å². The Morgan fingerprint density at radius 2 is 2.29 bits per heavy atom. The van der Waals surface area contributed by atoms with Crippen LogP contribution in [-0.2, 0) is 11.3 Å². The van der Waals surface area contributed by atoms with Crippen LogP contribution in [0.15, 0.2) is 36.7 Å². The average molecular weight is 328 g/mol. The highest BCUT2D eigenvalue weighted by Gasteiger charge is 2.15. The topological polar surface area (TPSA) is 59.4 Å². The maximum absolute atomic E-state index is 12.4. The van der Waals surface area contributed by atoms with Crippen LogP contribution in [0.2, 0.25) is 0 Å². The molecular weight excluding hydrogens is 304 g/mol. The van der Waals surface area contributed by atoms with Gasteiger partial charge in [0.15, 0.2) is 0 Å². The number of benzene rings is 1. The summed E-state index contributed by atoms with van der Waals surface area (Å²) in [7, 11) is 3.91. The maximum Gasteiger partial charge on any atom is 0.255 e. The lowest BCUT2D eigenvalue weighted by atomic mass is 10.1. The van der Waals surface area contributed by atoms with E-state index >= 15 is 0 Å². The summed E-state index contributed by atoms with van der Waals surface area (Å²) >= 11 is 0. The number of aromatic nitrogens is 2. The zero-order valence-electron chi connectivity index (χ0n) is 14.2. The van der Waals surface area contributed by atoms with E-state index in [-0.39, 0.29) is 12.0 Å². The van der Waals surface area contributed by atoms with Gasteiger partial charge in [-0.05, 0) is 37.5 Å². The standard InChI is InChI=1S/C18H24N4O2/c1-21(2)16-7-5-6-14(10-16)18(23)20-15-11-19-22(12-15)13-17-8-3-4-9-24-17/h5-7,10-12,17H,3-4,8-9,13H2,1-2H3,(H,20,23). The third kappa shape index (κ3) is 4.14. The molecule has 1 fully saturated rings. The number of hydrogen-bond donors (Lipinski definition) is 1. The highest BCUT2D eigenvalue weighted by atomic mass is 16.5. The van der Waals surface area contributed by atoms with Gasteiger partial charge in [-0.2, -0.15) is 5.10 Å². The highest BCUT2D eigenvalue weighted by Crippen LogP contribution is 2.17. The van der Waals surface area contributed by atoms with E-state index in [0.29, 0.717) is 11.3 Å². The van der Waals surface area contributed by atoms with Gasteiger partial charge < -0.3 is 15.0 Å². The molecule has 1 aliphatic rings. The smallest absolute Gasteiger partial charge is 0.255 e. The van der Waals surface area contributed by atoms with E-state index in [0.717, 1.165) is 31.7 Å². The van der Waals surface area contributed by atoms with Crippen molar-refractivity contribution in [2.24, 2.45) is 0 Å². The predicted molar refractivity (Wildman–Crippen MR) is 94.5 cm³/mol. The second kappa shape index (κ2) is 7.49. The van der Waals surface area contributed by atoms with Gasteiger partial charge in [-0.15, -0.1) is 0 Å². The molecule has 0 bridgehead atoms. The Morgan fingerprint density at radius 1 is 1.42 bits per heavy atom. The van der Waals surface area contributed by atoms with E-state index in [1.807, 2.05) is 54.1 Å². The van der Waals surface area contributed by atoms with Crippen LogP contribution in [0.4, 0.5) is 11.4 Å². The average Bonchev–Trinajstić information content (AvgIpc) is 3.02. The Labute approximate surface area is 142 Å². The Balaban J connectivity index is 1.61. The largest absolute Gasteiger partial charge is 0.378 e. The highest BCUT2D eigenvalue weighted by molar-refractivity contribution is 6.04. The van der Waals surface area contributed by atoms with Gasteiger partial charge in [0.1, 0.15) is 0 Å². The number of amides is 1. The molecule has 0 spiro atoms. The molecule has 2 aromatic rings. The molecule has 0 aliphatic carbocycles. The molecule has 1 aliphatic heterocycles. The summed E-state index contributed by atoms with van der Waals surface area (Å²) in [5, 5.41) is 7.22. The van der Waals surface area contributed by atoms with E-state index in [9.17, 15) is 4.79 Å². The third-order valence-electron chi connectivity index (χ3n) is 4.18. The fourth-order valence-electron chi connectivity index (χ4n) is 2.82. The molecule has 3 rings (SSSR count). The van der Waals surface area contributed by atoms with Gasteiger partial charge in [-0.1, -0.05) is 6.07 Å². The second-order valence-electron chi connectivity index (χ2n) is 6.34. The van der Waals surface area contributed by atoms with Crippen LogP contribution in [0.3, 0.4) is 0 Å². The number of hydrogen-bond acceptors (Lipinski definition) is 4. The number of ether oxygens (including phenoxy) is 1. The van der Waals surface area contributed by atoms with Crippen molar-refractivity contribution in [1.82, 2.24) is 9.78 Å². The molecule has 0 radical (unpaired) electrons. The van der Waals surface area contributed by atoms with Crippen molar-refractivity contribution in [3.8, 4) is 0 Å². The minimum atomic E-state index is -0.132. The third-order valence-corrected chi connectivity index (χ3v) is 4.18. The van der Waals surface area contributed by atoms with E-state index in [4.69, 9.17) is 4.74 Å². The Bertz CT molecular complexity index is 690. The lowest BCUT2D eigenvalue weighted by molar-refractivity contribution is 0.00401. The van der Waals surface area contributed by atoms with Gasteiger partial charge in [0.25, 0.3) is 5.91 Å². The fraction of sp³-hybridized carbons (Fsp3) is 0.444. The molecule has 1 aromatic heterocycles. The molecule has 1 aromatic carbocycles. The molecule has 1 amide bonds. The molecule has 2 heterocycles. The number of nitrogens with one attached hydrogen (secondary N) is 1. The summed E-state index contributed by atoms with van der Waals surface area (Å²) in [5.41, 5.74) is 2.32. The number of carbonyl (C=O) groups is 1. The van der Waals surface area contributed by atoms with Crippen LogP contribution < -0.4 is 10.2 Å². The number of anilines is 2. The van der Waals surface area contributed by atoms with E-state index < -0.39 is 0 Å². The van der Waals surface area contributed by atoms with Crippen molar-refractivity contribution in [3.05, 3.63) is 42.2 Å². The van der Waals surface area contributed by atoms with Gasteiger partial charge in [-0.25, -0.2) is 0 Å². The van der Waals surface area contributed by atoms with Crippen molar-refractivity contribution in [2.45, 2.75) is 31.9 Å². The van der Waals surface area contributed by atoms with Crippen molar-refractivity contribution in [3.63, 3.8) is 0 Å². The minimum Gasteiger partial charge on any atom is -0.378 e. The molecule has 1 atom stereocenters. The van der Waals surface area contributed by atoms with Gasteiger partial charge in [0, 0.05) is 38.1 Å². The summed E-state index contributed by atoms with van der Waals surface area (Å²) in [6.45, 7) is 1.56. The second-order valence-corrected chi connectivity index (χ2v) is 6.34. The van der Waals surface area contributed by atoms with Gasteiger partial charge in [0.2, 0.25) is 0 Å². The molecule has 128 valence electrons. The van der Waals surface area contributed by atoms with Crippen molar-refractivity contribution < 1.29 is 9.53 Å². The Morgan fingerprint density at radius 3 is 3.04 bits per heavy atom. The number of rotatable bonds is 5. The van der Waals surface area contributed by atoms with Gasteiger partial charge >= 0.3 is 0 Å². The zero-order chi connectivity index (χ0) is 16.9. The first-order valence-corrected chi connectivity index (χ1v) is 8.34. The van der Waals surface area contributed by atoms with Crippen LogP contribution in [0.1, 0.15) is 29.6 Å². The Kier molecular flexibility index (Phi) is 5.15.